The molecule has 1 saturated heterocycles. The number of esters is 1. The molecule has 0 aromatic rings. The minimum atomic E-state index is -0.0953. The quantitative estimate of drug-likeness (QED) is 0.293. The van der Waals surface area contributed by atoms with Crippen LogP contribution in [0.2, 0.25) is 0 Å². The maximum absolute atomic E-state index is 11.9. The van der Waals surface area contributed by atoms with Crippen LogP contribution in [0.3, 0.4) is 0 Å². The molecule has 1 heterocycles. The van der Waals surface area contributed by atoms with E-state index in [0.29, 0.717) is 27.8 Å². The average Bonchev–Trinajstić information content (AvgIpc) is 3.58. The number of ether oxygens (including phenoxy) is 2. The lowest BCUT2D eigenvalue weighted by Gasteiger charge is -2.63. The molecule has 5 saturated carbocycles. The Bertz CT molecular complexity index is 906. The Morgan fingerprint density at radius 1 is 0.886 bits per heavy atom. The molecule has 0 bridgehead atoms. The van der Waals surface area contributed by atoms with Crippen LogP contribution < -0.4 is 0 Å². The second-order valence-electron chi connectivity index (χ2n) is 15.9. The van der Waals surface area contributed by atoms with Gasteiger partial charge < -0.3 is 9.47 Å². The van der Waals surface area contributed by atoms with Crippen LogP contribution in [0.5, 0.6) is 0 Å². The fourth-order valence-corrected chi connectivity index (χ4v) is 12.1. The Hall–Kier alpha value is -0.570. The molecule has 0 radical (unpaired) electrons. The summed E-state index contributed by atoms with van der Waals surface area (Å²) in [6.07, 6.45) is 15.5. The highest BCUT2D eigenvalue weighted by atomic mass is 16.6. The third-order valence-electron chi connectivity index (χ3n) is 14.2. The maximum atomic E-state index is 11.9. The van der Waals surface area contributed by atoms with Crippen molar-refractivity contribution in [3.63, 3.8) is 0 Å². The molecule has 198 valence electrons. The van der Waals surface area contributed by atoms with Crippen molar-refractivity contribution in [3.8, 4) is 0 Å². The fourth-order valence-electron chi connectivity index (χ4n) is 12.1. The zero-order valence-electron chi connectivity index (χ0n) is 24.0. The van der Waals surface area contributed by atoms with Gasteiger partial charge in [-0.3, -0.25) is 4.79 Å². The van der Waals surface area contributed by atoms with Gasteiger partial charge in [-0.1, -0.05) is 34.6 Å². The molecule has 10 atom stereocenters. The van der Waals surface area contributed by atoms with E-state index < -0.39 is 0 Å². The fraction of sp³-hybridized carbons (Fsp3) is 0.969. The molecule has 2 spiro atoms. The van der Waals surface area contributed by atoms with Gasteiger partial charge in [-0.2, -0.15) is 0 Å². The van der Waals surface area contributed by atoms with Crippen molar-refractivity contribution in [1.29, 1.82) is 0 Å². The molecule has 6 aliphatic rings. The van der Waals surface area contributed by atoms with Gasteiger partial charge in [0.25, 0.3) is 0 Å². The highest BCUT2D eigenvalue weighted by molar-refractivity contribution is 5.66. The average molecular weight is 485 g/mol. The molecule has 0 amide bonds. The molecule has 1 aliphatic heterocycles. The molecule has 35 heavy (non-hydrogen) atoms. The predicted molar refractivity (Wildman–Crippen MR) is 140 cm³/mol. The molecular weight excluding hydrogens is 432 g/mol. The second kappa shape index (κ2) is 7.29. The van der Waals surface area contributed by atoms with Gasteiger partial charge in [0.05, 0.1) is 11.7 Å². The summed E-state index contributed by atoms with van der Waals surface area (Å²) in [6, 6.07) is 0. The summed E-state index contributed by atoms with van der Waals surface area (Å²) in [7, 11) is 0. The van der Waals surface area contributed by atoms with Crippen molar-refractivity contribution in [3.05, 3.63) is 0 Å². The molecule has 2 unspecified atom stereocenters. The topological polar surface area (TPSA) is 38.8 Å². The van der Waals surface area contributed by atoms with Crippen molar-refractivity contribution in [2.24, 2.45) is 50.7 Å². The van der Waals surface area contributed by atoms with Crippen molar-refractivity contribution in [2.75, 3.05) is 0 Å². The number of hydrogen-bond acceptors (Lipinski definition) is 3. The molecule has 6 rings (SSSR count). The second-order valence-corrected chi connectivity index (χ2v) is 15.9. The third-order valence-corrected chi connectivity index (χ3v) is 14.2. The summed E-state index contributed by atoms with van der Waals surface area (Å²) >= 11 is 0. The van der Waals surface area contributed by atoms with Gasteiger partial charge in [0, 0.05) is 12.3 Å². The van der Waals surface area contributed by atoms with Gasteiger partial charge >= 0.3 is 5.97 Å². The highest BCUT2D eigenvalue weighted by Gasteiger charge is 2.82. The lowest BCUT2D eigenvalue weighted by Crippen LogP contribution is -2.58. The molecule has 6 fully saturated rings. The normalized spacial score (nSPS) is 53.4. The van der Waals surface area contributed by atoms with E-state index in [-0.39, 0.29) is 23.1 Å². The maximum Gasteiger partial charge on any atom is 0.302 e. The molecule has 3 nitrogen and oxygen atoms in total. The SMILES string of the molecule is CC(=O)O[C@H]1CCC23C[C@]24CC[C@]2(C)[C@@H]([C@H](C)CCC5OC5(C)C)CC[C@@]2(C)[C@@H]4CC[C@H]3C1(C)C. The van der Waals surface area contributed by atoms with Crippen LogP contribution >= 0.6 is 0 Å². The van der Waals surface area contributed by atoms with E-state index in [2.05, 4.69) is 48.5 Å². The Kier molecular flexibility index (Phi) is 5.16. The van der Waals surface area contributed by atoms with Crippen molar-refractivity contribution in [1.82, 2.24) is 0 Å². The van der Waals surface area contributed by atoms with E-state index in [0.717, 1.165) is 30.1 Å². The summed E-state index contributed by atoms with van der Waals surface area (Å²) in [4.78, 5) is 11.9. The van der Waals surface area contributed by atoms with Crippen LogP contribution in [0.1, 0.15) is 126 Å². The highest BCUT2D eigenvalue weighted by Crippen LogP contribution is 2.89. The van der Waals surface area contributed by atoms with Crippen molar-refractivity contribution < 1.29 is 14.3 Å². The molecule has 5 aliphatic carbocycles. The van der Waals surface area contributed by atoms with Gasteiger partial charge in [0.2, 0.25) is 0 Å². The zero-order chi connectivity index (χ0) is 25.2. The van der Waals surface area contributed by atoms with Gasteiger partial charge in [-0.15, -0.1) is 0 Å². The van der Waals surface area contributed by atoms with E-state index in [9.17, 15) is 4.79 Å². The van der Waals surface area contributed by atoms with Gasteiger partial charge in [0.15, 0.2) is 0 Å². The van der Waals surface area contributed by atoms with Crippen LogP contribution in [0.25, 0.3) is 0 Å². The van der Waals surface area contributed by atoms with E-state index in [4.69, 9.17) is 9.47 Å². The Labute approximate surface area is 214 Å². The van der Waals surface area contributed by atoms with Crippen LogP contribution in [0.15, 0.2) is 0 Å². The third kappa shape index (κ3) is 3.09. The first-order valence-corrected chi connectivity index (χ1v) is 15.1. The number of carbonyl (C=O) groups is 1. The molecule has 0 aromatic heterocycles. The predicted octanol–water partition coefficient (Wildman–Crippen LogP) is 7.95. The lowest BCUT2D eigenvalue weighted by atomic mass is 9.41. The number of rotatable bonds is 5. The monoisotopic (exact) mass is 484 g/mol. The molecular formula is C32H52O3. The van der Waals surface area contributed by atoms with E-state index in [1.165, 1.54) is 64.2 Å². The van der Waals surface area contributed by atoms with Gasteiger partial charge in [-0.25, -0.2) is 0 Å². The summed E-state index contributed by atoms with van der Waals surface area (Å²) in [5.74, 6) is 3.19. The summed E-state index contributed by atoms with van der Waals surface area (Å²) < 4.78 is 11.8. The number of epoxide rings is 1. The Morgan fingerprint density at radius 2 is 1.54 bits per heavy atom. The van der Waals surface area contributed by atoms with Crippen LogP contribution in [0, 0.1) is 50.7 Å². The minimum Gasteiger partial charge on any atom is -0.462 e. The van der Waals surface area contributed by atoms with Gasteiger partial charge in [0.1, 0.15) is 6.10 Å². The number of fused-ring (bicyclic) bond motifs is 2. The van der Waals surface area contributed by atoms with E-state index in [1.54, 1.807) is 6.92 Å². The first-order valence-electron chi connectivity index (χ1n) is 15.1. The zero-order valence-corrected chi connectivity index (χ0v) is 24.0. The number of carbonyl (C=O) groups excluding carboxylic acids is 1. The van der Waals surface area contributed by atoms with Crippen LogP contribution in [-0.4, -0.2) is 23.8 Å². The molecule has 0 aromatic carbocycles. The van der Waals surface area contributed by atoms with Crippen LogP contribution in [-0.2, 0) is 14.3 Å². The van der Waals surface area contributed by atoms with E-state index >= 15 is 0 Å². The van der Waals surface area contributed by atoms with Crippen LogP contribution in [0.4, 0.5) is 0 Å². The molecule has 3 heteroatoms. The Morgan fingerprint density at radius 3 is 2.20 bits per heavy atom. The smallest absolute Gasteiger partial charge is 0.302 e. The first-order chi connectivity index (χ1) is 16.2. The van der Waals surface area contributed by atoms with Gasteiger partial charge in [-0.05, 0) is 130 Å². The molecule has 0 N–H and O–H groups in total. The summed E-state index contributed by atoms with van der Waals surface area (Å²) in [5.41, 5.74) is 2.32. The lowest BCUT2D eigenvalue weighted by molar-refractivity contribution is -0.181. The van der Waals surface area contributed by atoms with Crippen molar-refractivity contribution >= 4 is 5.97 Å². The standard InChI is InChI=1S/C32H52O3/c1-20(9-12-26-28(5,6)35-26)22-13-15-30(8)24-11-10-23-27(3,4)25(34-21(2)33)14-16-31(23)19-32(24,31)18-17-29(22,30)7/h20,22-26H,9-19H2,1-8H3/t20-,22-,23+,24+,25+,26?,29-,30+,31?,32+/m1/s1. The number of hydrogen-bond donors (Lipinski definition) is 0. The Balaban J connectivity index is 1.22. The minimum absolute atomic E-state index is 0.0953. The first kappa shape index (κ1) is 24.7. The van der Waals surface area contributed by atoms with E-state index in [1.807, 2.05) is 0 Å². The summed E-state index contributed by atoms with van der Waals surface area (Å²) in [5, 5.41) is 0. The van der Waals surface area contributed by atoms with Crippen molar-refractivity contribution in [2.45, 2.75) is 144 Å². The summed E-state index contributed by atoms with van der Waals surface area (Å²) in [6.45, 7) is 19.0. The largest absolute Gasteiger partial charge is 0.462 e.